The van der Waals surface area contributed by atoms with Crippen molar-refractivity contribution in [3.63, 3.8) is 0 Å². The van der Waals surface area contributed by atoms with E-state index in [-0.39, 0.29) is 23.6 Å². The highest BCUT2D eigenvalue weighted by Crippen LogP contribution is 2.48. The molecule has 0 radical (unpaired) electrons. The number of hydrogen-bond donors (Lipinski definition) is 1. The van der Waals surface area contributed by atoms with E-state index in [0.29, 0.717) is 17.2 Å². The minimum absolute atomic E-state index is 0.0777. The van der Waals surface area contributed by atoms with Crippen LogP contribution < -0.4 is 5.32 Å². The van der Waals surface area contributed by atoms with Gasteiger partial charge in [-0.05, 0) is 54.7 Å². The summed E-state index contributed by atoms with van der Waals surface area (Å²) in [4.78, 5) is 12.3. The highest BCUT2D eigenvalue weighted by molar-refractivity contribution is 5.93. The van der Waals surface area contributed by atoms with Gasteiger partial charge in [0.05, 0.1) is 0 Å². The Bertz CT molecular complexity index is 526. The first-order valence-electron chi connectivity index (χ1n) is 7.65. The quantitative estimate of drug-likeness (QED) is 0.874. The van der Waals surface area contributed by atoms with Gasteiger partial charge in [0.15, 0.2) is 0 Å². The van der Waals surface area contributed by atoms with E-state index in [1.807, 2.05) is 19.9 Å². The molecular weight excluding hydrogens is 253 g/mol. The number of nitrogens with one attached hydrogen (secondary N) is 1. The van der Waals surface area contributed by atoms with Crippen LogP contribution in [-0.2, 0) is 4.79 Å². The summed E-state index contributed by atoms with van der Waals surface area (Å²) in [5, 5.41) is 2.90. The molecule has 0 heterocycles. The normalized spacial score (nSPS) is 28.1. The Morgan fingerprint density at radius 3 is 2.65 bits per heavy atom. The minimum Gasteiger partial charge on any atom is -0.326 e. The molecule has 0 aromatic heterocycles. The molecule has 0 unspecified atom stereocenters. The van der Waals surface area contributed by atoms with Gasteiger partial charge in [-0.25, -0.2) is 4.39 Å². The smallest absolute Gasteiger partial charge is 0.227 e. The fraction of sp³-hybridized carbons (Fsp3) is 0.588. The molecule has 1 N–H and O–H groups in total. The third-order valence-electron chi connectivity index (χ3n) is 4.96. The van der Waals surface area contributed by atoms with Crippen LogP contribution in [0.2, 0.25) is 0 Å². The molecule has 0 saturated heterocycles. The molecule has 2 nitrogen and oxygen atoms in total. The molecule has 1 aromatic carbocycles. The summed E-state index contributed by atoms with van der Waals surface area (Å²) in [6, 6.07) is 5.03. The van der Waals surface area contributed by atoms with Gasteiger partial charge in [0.1, 0.15) is 5.82 Å². The lowest BCUT2D eigenvalue weighted by atomic mass is 9.88. The zero-order chi connectivity index (χ0) is 14.3. The molecule has 2 aliphatic rings. The third-order valence-corrected chi connectivity index (χ3v) is 4.96. The molecule has 20 heavy (non-hydrogen) atoms. The predicted octanol–water partition coefficient (Wildman–Crippen LogP) is 4.32. The maximum Gasteiger partial charge on any atom is 0.227 e. The van der Waals surface area contributed by atoms with Crippen LogP contribution in [0.1, 0.15) is 51.0 Å². The topological polar surface area (TPSA) is 29.1 Å². The molecule has 0 aliphatic heterocycles. The molecular formula is C17H22FNO. The molecule has 3 atom stereocenters. The molecule has 2 fully saturated rings. The van der Waals surface area contributed by atoms with Crippen LogP contribution >= 0.6 is 0 Å². The highest BCUT2D eigenvalue weighted by atomic mass is 19.1. The van der Waals surface area contributed by atoms with Crippen molar-refractivity contribution in [3.05, 3.63) is 29.6 Å². The van der Waals surface area contributed by atoms with Crippen LogP contribution in [0.4, 0.5) is 10.1 Å². The first kappa shape index (κ1) is 13.6. The van der Waals surface area contributed by atoms with Crippen molar-refractivity contribution in [1.29, 1.82) is 0 Å². The molecule has 3 heteroatoms. The first-order chi connectivity index (χ1) is 9.54. The number of amides is 1. The van der Waals surface area contributed by atoms with Gasteiger partial charge in [0, 0.05) is 11.6 Å². The fourth-order valence-corrected chi connectivity index (χ4v) is 3.87. The van der Waals surface area contributed by atoms with Crippen LogP contribution in [0.5, 0.6) is 0 Å². The Kier molecular flexibility index (Phi) is 3.53. The van der Waals surface area contributed by atoms with Crippen LogP contribution in [0, 0.1) is 23.6 Å². The van der Waals surface area contributed by atoms with Crippen molar-refractivity contribution in [2.24, 2.45) is 17.8 Å². The maximum atomic E-state index is 13.9. The number of benzene rings is 1. The lowest BCUT2D eigenvalue weighted by Gasteiger charge is -2.21. The molecule has 0 spiro atoms. The monoisotopic (exact) mass is 275 g/mol. The zero-order valence-electron chi connectivity index (χ0n) is 12.2. The largest absolute Gasteiger partial charge is 0.326 e. The van der Waals surface area contributed by atoms with E-state index in [9.17, 15) is 9.18 Å². The molecule has 2 bridgehead atoms. The number of carbonyl (C=O) groups excluding carboxylic acids is 1. The first-order valence-corrected chi connectivity index (χ1v) is 7.65. The molecule has 1 amide bonds. The Morgan fingerprint density at radius 1 is 1.30 bits per heavy atom. The second kappa shape index (κ2) is 5.19. The van der Waals surface area contributed by atoms with Crippen LogP contribution in [0.25, 0.3) is 0 Å². The van der Waals surface area contributed by atoms with E-state index in [0.717, 1.165) is 12.3 Å². The molecule has 108 valence electrons. The van der Waals surface area contributed by atoms with E-state index in [1.54, 1.807) is 6.07 Å². The summed E-state index contributed by atoms with van der Waals surface area (Å²) < 4.78 is 13.9. The molecule has 1 aromatic rings. The number of carbonyl (C=O) groups is 1. The summed E-state index contributed by atoms with van der Waals surface area (Å²) in [5.41, 5.74) is 1.28. The summed E-state index contributed by atoms with van der Waals surface area (Å²) in [7, 11) is 0. The summed E-state index contributed by atoms with van der Waals surface area (Å²) in [6.07, 6.45) is 4.69. The van der Waals surface area contributed by atoms with Crippen LogP contribution in [0.15, 0.2) is 18.2 Å². The lowest BCUT2D eigenvalue weighted by Crippen LogP contribution is -2.27. The number of fused-ring (bicyclic) bond motifs is 2. The number of hydrogen-bond acceptors (Lipinski definition) is 1. The predicted molar refractivity (Wildman–Crippen MR) is 78.1 cm³/mol. The van der Waals surface area contributed by atoms with Crippen molar-refractivity contribution < 1.29 is 9.18 Å². The van der Waals surface area contributed by atoms with Gasteiger partial charge >= 0.3 is 0 Å². The van der Waals surface area contributed by atoms with Gasteiger partial charge in [-0.3, -0.25) is 4.79 Å². The van der Waals surface area contributed by atoms with Crippen molar-refractivity contribution in [2.45, 2.75) is 45.4 Å². The summed E-state index contributed by atoms with van der Waals surface area (Å²) >= 11 is 0. The van der Waals surface area contributed by atoms with Crippen molar-refractivity contribution in [3.8, 4) is 0 Å². The standard InChI is InChI=1S/C17H22FNO/c1-10(2)14-6-5-13(9-16(14)18)19-17(20)15-8-11-3-4-12(15)7-11/h5-6,9-12,15H,3-4,7-8H2,1-2H3,(H,19,20)/t11-,12+,15-/m0/s1. The maximum absolute atomic E-state index is 13.9. The average Bonchev–Trinajstić information content (AvgIpc) is 3.00. The second-order valence-electron chi connectivity index (χ2n) is 6.66. The summed E-state index contributed by atoms with van der Waals surface area (Å²) in [5.74, 6) is 1.45. The lowest BCUT2D eigenvalue weighted by molar-refractivity contribution is -0.121. The zero-order valence-corrected chi connectivity index (χ0v) is 12.2. The highest BCUT2D eigenvalue weighted by Gasteiger charge is 2.43. The van der Waals surface area contributed by atoms with Gasteiger partial charge in [0.2, 0.25) is 5.91 Å². The van der Waals surface area contributed by atoms with E-state index >= 15 is 0 Å². The molecule has 2 saturated carbocycles. The molecule has 3 rings (SSSR count). The SMILES string of the molecule is CC(C)c1ccc(NC(=O)[C@H]2C[C@H]3CC[C@@H]2C3)cc1F. The van der Waals surface area contributed by atoms with Gasteiger partial charge in [-0.1, -0.05) is 26.3 Å². The van der Waals surface area contributed by atoms with Crippen LogP contribution in [-0.4, -0.2) is 5.91 Å². The van der Waals surface area contributed by atoms with E-state index in [2.05, 4.69) is 5.32 Å². The Labute approximate surface area is 119 Å². The van der Waals surface area contributed by atoms with Gasteiger partial charge in [-0.2, -0.15) is 0 Å². The number of halogens is 1. The average molecular weight is 275 g/mol. The molecule has 2 aliphatic carbocycles. The van der Waals surface area contributed by atoms with Gasteiger partial charge < -0.3 is 5.32 Å². The third kappa shape index (κ3) is 2.46. The number of rotatable bonds is 3. The van der Waals surface area contributed by atoms with Crippen molar-refractivity contribution in [2.75, 3.05) is 5.32 Å². The van der Waals surface area contributed by atoms with Gasteiger partial charge in [0.25, 0.3) is 0 Å². The van der Waals surface area contributed by atoms with Crippen molar-refractivity contribution >= 4 is 11.6 Å². The van der Waals surface area contributed by atoms with Crippen molar-refractivity contribution in [1.82, 2.24) is 0 Å². The minimum atomic E-state index is -0.231. The Hall–Kier alpha value is -1.38. The van der Waals surface area contributed by atoms with Gasteiger partial charge in [-0.15, -0.1) is 0 Å². The van der Waals surface area contributed by atoms with E-state index in [4.69, 9.17) is 0 Å². The van der Waals surface area contributed by atoms with E-state index in [1.165, 1.54) is 25.3 Å². The van der Waals surface area contributed by atoms with Crippen LogP contribution in [0.3, 0.4) is 0 Å². The Morgan fingerprint density at radius 2 is 2.10 bits per heavy atom. The fourth-order valence-electron chi connectivity index (χ4n) is 3.87. The number of anilines is 1. The Balaban J connectivity index is 1.69. The second-order valence-corrected chi connectivity index (χ2v) is 6.66. The van der Waals surface area contributed by atoms with E-state index < -0.39 is 0 Å². The summed E-state index contributed by atoms with van der Waals surface area (Å²) in [6.45, 7) is 3.93.